The van der Waals surface area contributed by atoms with Crippen LogP contribution >= 0.6 is 0 Å². The van der Waals surface area contributed by atoms with Crippen molar-refractivity contribution in [3.05, 3.63) is 11.6 Å². The summed E-state index contributed by atoms with van der Waals surface area (Å²) in [6.07, 6.45) is 14.6. The highest BCUT2D eigenvalue weighted by Gasteiger charge is 2.68. The minimum Gasteiger partial charge on any atom is -0.393 e. The van der Waals surface area contributed by atoms with Crippen LogP contribution in [0.25, 0.3) is 0 Å². The lowest BCUT2D eigenvalue weighted by Gasteiger charge is -2.69. The molecule has 4 saturated carbocycles. The number of hydrogen-bond donors (Lipinski definition) is 1. The predicted molar refractivity (Wildman–Crippen MR) is 131 cm³/mol. The maximum atomic E-state index is 10.8. The molecule has 5 aliphatic rings. The largest absolute Gasteiger partial charge is 0.393 e. The first-order valence-corrected chi connectivity index (χ1v) is 13.7. The molecular weight excluding hydrogens is 376 g/mol. The Kier molecular flexibility index (Phi) is 4.82. The highest BCUT2D eigenvalue weighted by atomic mass is 16.3. The fraction of sp³-hybridized carbons (Fsp3) is 0.933. The van der Waals surface area contributed by atoms with Crippen LogP contribution in [-0.4, -0.2) is 11.2 Å². The van der Waals surface area contributed by atoms with E-state index in [0.29, 0.717) is 27.6 Å². The quantitative estimate of drug-likeness (QED) is 0.421. The summed E-state index contributed by atoms with van der Waals surface area (Å²) in [7, 11) is 0. The summed E-state index contributed by atoms with van der Waals surface area (Å²) in [4.78, 5) is 0. The molecule has 1 heteroatoms. The summed E-state index contributed by atoms with van der Waals surface area (Å²) in [5.41, 5.74) is 3.61. The Morgan fingerprint density at radius 3 is 2.16 bits per heavy atom. The van der Waals surface area contributed by atoms with Gasteiger partial charge in [0.05, 0.1) is 6.10 Å². The van der Waals surface area contributed by atoms with E-state index in [1.807, 2.05) is 5.57 Å². The van der Waals surface area contributed by atoms with E-state index in [0.717, 1.165) is 30.1 Å². The van der Waals surface area contributed by atoms with Gasteiger partial charge in [0.15, 0.2) is 0 Å². The predicted octanol–water partition coefficient (Wildman–Crippen LogP) is 8.02. The summed E-state index contributed by atoms with van der Waals surface area (Å²) >= 11 is 0. The maximum Gasteiger partial charge on any atom is 0.0594 e. The molecule has 5 aliphatic carbocycles. The van der Waals surface area contributed by atoms with E-state index in [1.165, 1.54) is 51.4 Å². The zero-order valence-electron chi connectivity index (χ0n) is 21.9. The number of fused-ring (bicyclic) bond motifs is 7. The van der Waals surface area contributed by atoms with Crippen LogP contribution in [0.4, 0.5) is 0 Å². The number of rotatable bonds is 1. The van der Waals surface area contributed by atoms with Gasteiger partial charge >= 0.3 is 0 Å². The smallest absolute Gasteiger partial charge is 0.0594 e. The summed E-state index contributed by atoms with van der Waals surface area (Å²) in [6, 6.07) is 0. The van der Waals surface area contributed by atoms with E-state index in [-0.39, 0.29) is 11.5 Å². The van der Waals surface area contributed by atoms with Gasteiger partial charge < -0.3 is 5.11 Å². The van der Waals surface area contributed by atoms with E-state index in [2.05, 4.69) is 61.5 Å². The lowest BCUT2D eigenvalue weighted by molar-refractivity contribution is -0.165. The summed E-state index contributed by atoms with van der Waals surface area (Å²) < 4.78 is 0. The molecule has 0 aromatic carbocycles. The fourth-order valence-electron chi connectivity index (χ4n) is 11.2. The normalized spacial score (nSPS) is 55.7. The second-order valence-electron chi connectivity index (χ2n) is 14.7. The van der Waals surface area contributed by atoms with Crippen molar-refractivity contribution in [2.24, 2.45) is 56.7 Å². The van der Waals surface area contributed by atoms with Crippen LogP contribution in [-0.2, 0) is 0 Å². The molecule has 31 heavy (non-hydrogen) atoms. The van der Waals surface area contributed by atoms with Crippen molar-refractivity contribution in [2.45, 2.75) is 119 Å². The zero-order valence-corrected chi connectivity index (χ0v) is 21.9. The van der Waals surface area contributed by atoms with Gasteiger partial charge in [-0.2, -0.15) is 0 Å². The SMILES string of the molecule is CC(C)[C@@H]1CCC2[C@@]1(C)CC[C@@]1(C)C3CCC4C(C)(C)[C@H](O)CC[C@]4(C)C3=CC[C@]21C. The second-order valence-corrected chi connectivity index (χ2v) is 14.7. The fourth-order valence-corrected chi connectivity index (χ4v) is 11.2. The van der Waals surface area contributed by atoms with Gasteiger partial charge in [-0.15, -0.1) is 0 Å². The molecule has 1 nitrogen and oxygen atoms in total. The van der Waals surface area contributed by atoms with Gasteiger partial charge in [0.2, 0.25) is 0 Å². The second kappa shape index (κ2) is 6.64. The van der Waals surface area contributed by atoms with E-state index in [9.17, 15) is 5.11 Å². The first-order chi connectivity index (χ1) is 14.3. The van der Waals surface area contributed by atoms with E-state index >= 15 is 0 Å². The molecule has 0 radical (unpaired) electrons. The molecule has 0 aliphatic heterocycles. The molecule has 176 valence electrons. The monoisotopic (exact) mass is 426 g/mol. The summed E-state index contributed by atoms with van der Waals surface area (Å²) in [5.74, 6) is 4.02. The topological polar surface area (TPSA) is 20.2 Å². The van der Waals surface area contributed by atoms with Crippen molar-refractivity contribution in [2.75, 3.05) is 0 Å². The molecule has 1 N–H and O–H groups in total. The van der Waals surface area contributed by atoms with Crippen molar-refractivity contribution in [3.63, 3.8) is 0 Å². The third-order valence-electron chi connectivity index (χ3n) is 13.2. The average molecular weight is 427 g/mol. The summed E-state index contributed by atoms with van der Waals surface area (Å²) in [6.45, 7) is 20.4. The number of aliphatic hydroxyl groups excluding tert-OH is 1. The van der Waals surface area contributed by atoms with Crippen molar-refractivity contribution in [1.82, 2.24) is 0 Å². The molecule has 0 saturated heterocycles. The Morgan fingerprint density at radius 1 is 0.806 bits per heavy atom. The van der Waals surface area contributed by atoms with Crippen LogP contribution in [0.2, 0.25) is 0 Å². The van der Waals surface area contributed by atoms with Crippen LogP contribution in [0.15, 0.2) is 11.6 Å². The van der Waals surface area contributed by atoms with Gasteiger partial charge in [-0.05, 0) is 114 Å². The Hall–Kier alpha value is -0.300. The number of hydrogen-bond acceptors (Lipinski definition) is 1. The molecule has 0 spiro atoms. The highest BCUT2D eigenvalue weighted by molar-refractivity contribution is 5.33. The number of allylic oxidation sites excluding steroid dienone is 2. The third-order valence-corrected chi connectivity index (χ3v) is 13.2. The third kappa shape index (κ3) is 2.60. The first kappa shape index (κ1) is 22.5. The minimum absolute atomic E-state index is 0.0432. The molecule has 0 aromatic rings. The maximum absolute atomic E-state index is 10.8. The molecule has 0 heterocycles. The van der Waals surface area contributed by atoms with E-state index in [4.69, 9.17) is 0 Å². The Balaban J connectivity index is 1.55. The van der Waals surface area contributed by atoms with Crippen molar-refractivity contribution in [3.8, 4) is 0 Å². The van der Waals surface area contributed by atoms with Crippen molar-refractivity contribution < 1.29 is 5.11 Å². The molecule has 3 unspecified atom stereocenters. The van der Waals surface area contributed by atoms with Gasteiger partial charge in [-0.1, -0.05) is 67.0 Å². The number of aliphatic hydroxyl groups is 1. The Labute approximate surface area is 192 Å². The molecule has 4 fully saturated rings. The molecule has 0 bridgehead atoms. The molecule has 0 aromatic heterocycles. The first-order valence-electron chi connectivity index (χ1n) is 13.7. The van der Waals surface area contributed by atoms with Gasteiger partial charge in [-0.3, -0.25) is 0 Å². The highest BCUT2D eigenvalue weighted by Crippen LogP contribution is 2.76. The van der Waals surface area contributed by atoms with E-state index < -0.39 is 0 Å². The zero-order chi connectivity index (χ0) is 22.6. The van der Waals surface area contributed by atoms with Crippen LogP contribution < -0.4 is 0 Å². The summed E-state index contributed by atoms with van der Waals surface area (Å²) in [5, 5.41) is 10.8. The Bertz CT molecular complexity index is 777. The average Bonchev–Trinajstić information content (AvgIpc) is 3.05. The lowest BCUT2D eigenvalue weighted by atomic mass is 9.35. The molecule has 0 amide bonds. The minimum atomic E-state index is -0.131. The van der Waals surface area contributed by atoms with Crippen LogP contribution in [0.5, 0.6) is 0 Å². The van der Waals surface area contributed by atoms with Crippen molar-refractivity contribution >= 4 is 0 Å². The molecule has 5 rings (SSSR count). The van der Waals surface area contributed by atoms with Gasteiger partial charge in [0, 0.05) is 0 Å². The standard InChI is InChI=1S/C30H50O/c1-19(2)20-9-12-24-28(20,6)17-18-29(7)22-10-11-23-26(3,4)25(31)14-15-27(23,5)21(22)13-16-30(24,29)8/h13,19-20,22-25,31H,9-12,14-18H2,1-8H3/t20-,22?,23?,24?,25+,27+,28-,29-,30+/m0/s1. The molecule has 9 atom stereocenters. The Morgan fingerprint density at radius 2 is 1.48 bits per heavy atom. The lowest BCUT2D eigenvalue weighted by Crippen LogP contribution is -2.62. The molecular formula is C30H50O. The van der Waals surface area contributed by atoms with Crippen LogP contribution in [0.3, 0.4) is 0 Å². The van der Waals surface area contributed by atoms with Gasteiger partial charge in [0.25, 0.3) is 0 Å². The van der Waals surface area contributed by atoms with Crippen molar-refractivity contribution in [1.29, 1.82) is 0 Å². The van der Waals surface area contributed by atoms with Gasteiger partial charge in [-0.25, -0.2) is 0 Å². The van der Waals surface area contributed by atoms with Crippen LogP contribution in [0, 0.1) is 56.7 Å². The van der Waals surface area contributed by atoms with Gasteiger partial charge in [0.1, 0.15) is 0 Å². The van der Waals surface area contributed by atoms with E-state index in [1.54, 1.807) is 0 Å². The van der Waals surface area contributed by atoms with Crippen LogP contribution in [0.1, 0.15) is 113 Å².